The van der Waals surface area contributed by atoms with Crippen LogP contribution >= 0.6 is 0 Å². The molecule has 3 aromatic rings. The predicted molar refractivity (Wildman–Crippen MR) is 84.4 cm³/mol. The lowest BCUT2D eigenvalue weighted by Gasteiger charge is -2.06. The molecule has 0 amide bonds. The molecule has 3 heteroatoms. The minimum absolute atomic E-state index is 0.598. The summed E-state index contributed by atoms with van der Waals surface area (Å²) in [7, 11) is 0. The highest BCUT2D eigenvalue weighted by molar-refractivity contribution is 5.42. The van der Waals surface area contributed by atoms with Gasteiger partial charge in [0.2, 0.25) is 0 Å². The van der Waals surface area contributed by atoms with Gasteiger partial charge in [0.15, 0.2) is 0 Å². The summed E-state index contributed by atoms with van der Waals surface area (Å²) in [6.07, 6.45) is 3.33. The third-order valence-electron chi connectivity index (χ3n) is 4.38. The van der Waals surface area contributed by atoms with Crippen LogP contribution < -0.4 is 5.32 Å². The quantitative estimate of drug-likeness (QED) is 0.793. The van der Waals surface area contributed by atoms with Crippen molar-refractivity contribution in [3.8, 4) is 0 Å². The highest BCUT2D eigenvalue weighted by Crippen LogP contribution is 2.40. The first-order chi connectivity index (χ1) is 10.3. The number of benzene rings is 1. The summed E-state index contributed by atoms with van der Waals surface area (Å²) in [4.78, 5) is 4.61. The van der Waals surface area contributed by atoms with Gasteiger partial charge in [-0.15, -0.1) is 0 Å². The van der Waals surface area contributed by atoms with Gasteiger partial charge in [-0.1, -0.05) is 36.4 Å². The number of aromatic nitrogens is 2. The topological polar surface area (TPSA) is 29.3 Å². The van der Waals surface area contributed by atoms with Crippen molar-refractivity contribution in [2.45, 2.75) is 31.8 Å². The Hall–Kier alpha value is -2.13. The van der Waals surface area contributed by atoms with Gasteiger partial charge in [-0.3, -0.25) is 0 Å². The van der Waals surface area contributed by atoms with Crippen molar-refractivity contribution in [3.05, 3.63) is 71.7 Å². The highest BCUT2D eigenvalue weighted by atomic mass is 15.1. The second kappa shape index (κ2) is 5.01. The average molecular weight is 277 g/mol. The summed E-state index contributed by atoms with van der Waals surface area (Å²) < 4.78 is 2.18. The summed E-state index contributed by atoms with van der Waals surface area (Å²) in [5, 5.41) is 3.68. The van der Waals surface area contributed by atoms with Crippen molar-refractivity contribution in [3.63, 3.8) is 0 Å². The Kier molecular flexibility index (Phi) is 3.00. The van der Waals surface area contributed by atoms with Crippen molar-refractivity contribution in [2.75, 3.05) is 0 Å². The average Bonchev–Trinajstić information content (AvgIpc) is 3.23. The van der Waals surface area contributed by atoms with E-state index in [2.05, 4.69) is 70.3 Å². The number of fused-ring (bicyclic) bond motifs is 1. The zero-order chi connectivity index (χ0) is 14.2. The molecule has 0 spiro atoms. The molecule has 2 unspecified atom stereocenters. The normalized spacial score (nSPS) is 20.8. The van der Waals surface area contributed by atoms with Crippen LogP contribution in [0.25, 0.3) is 5.65 Å². The van der Waals surface area contributed by atoms with Crippen molar-refractivity contribution in [1.29, 1.82) is 0 Å². The summed E-state index contributed by atoms with van der Waals surface area (Å²) in [6, 6.07) is 17.5. The number of pyridine rings is 1. The van der Waals surface area contributed by atoms with Crippen LogP contribution in [0, 0.1) is 6.92 Å². The maximum absolute atomic E-state index is 4.61. The molecule has 0 bridgehead atoms. The Morgan fingerprint density at radius 1 is 1.14 bits per heavy atom. The molecule has 1 saturated carbocycles. The molecule has 21 heavy (non-hydrogen) atoms. The number of aryl methyl sites for hydroxylation is 1. The molecule has 1 aliphatic carbocycles. The zero-order valence-corrected chi connectivity index (χ0v) is 12.2. The smallest absolute Gasteiger partial charge is 0.137 e. The second-order valence-electron chi connectivity index (χ2n) is 5.81. The Labute approximate surface area is 124 Å². The Morgan fingerprint density at radius 2 is 1.95 bits per heavy atom. The number of rotatable bonds is 4. The fraction of sp³-hybridized carbons (Fsp3) is 0.278. The van der Waals surface area contributed by atoms with Gasteiger partial charge < -0.3 is 9.72 Å². The minimum atomic E-state index is 0.598. The van der Waals surface area contributed by atoms with Crippen LogP contribution in [0.15, 0.2) is 54.7 Å². The Bertz CT molecular complexity index is 760. The molecule has 0 radical (unpaired) electrons. The van der Waals surface area contributed by atoms with E-state index >= 15 is 0 Å². The molecule has 1 fully saturated rings. The molecule has 0 aliphatic heterocycles. The monoisotopic (exact) mass is 277 g/mol. The summed E-state index contributed by atoms with van der Waals surface area (Å²) >= 11 is 0. The number of hydrogen-bond acceptors (Lipinski definition) is 2. The van der Waals surface area contributed by atoms with Crippen LogP contribution in [-0.2, 0) is 6.54 Å². The number of imidazole rings is 1. The van der Waals surface area contributed by atoms with E-state index in [4.69, 9.17) is 0 Å². The van der Waals surface area contributed by atoms with Crippen molar-refractivity contribution < 1.29 is 0 Å². The van der Waals surface area contributed by atoms with Gasteiger partial charge in [0.05, 0.1) is 11.4 Å². The molecule has 4 rings (SSSR count). The molecule has 3 nitrogen and oxygen atoms in total. The Morgan fingerprint density at radius 3 is 2.81 bits per heavy atom. The molecule has 2 heterocycles. The van der Waals surface area contributed by atoms with Gasteiger partial charge in [0.1, 0.15) is 5.65 Å². The maximum Gasteiger partial charge on any atom is 0.137 e. The van der Waals surface area contributed by atoms with E-state index in [1.807, 2.05) is 6.07 Å². The van der Waals surface area contributed by atoms with E-state index in [1.165, 1.54) is 17.7 Å². The van der Waals surface area contributed by atoms with E-state index in [0.717, 1.165) is 17.9 Å². The number of nitrogens with one attached hydrogen (secondary N) is 1. The van der Waals surface area contributed by atoms with Crippen LogP contribution in [-0.4, -0.2) is 15.4 Å². The fourth-order valence-corrected chi connectivity index (χ4v) is 3.09. The summed E-state index contributed by atoms with van der Waals surface area (Å²) in [5.41, 5.74) is 4.86. The molecule has 1 aromatic carbocycles. The number of hydrogen-bond donors (Lipinski definition) is 1. The van der Waals surface area contributed by atoms with Crippen LogP contribution in [0.1, 0.15) is 29.3 Å². The molecule has 106 valence electrons. The van der Waals surface area contributed by atoms with Gasteiger partial charge in [-0.2, -0.15) is 0 Å². The predicted octanol–water partition coefficient (Wildman–Crippen LogP) is 3.29. The number of nitrogens with zero attached hydrogens (tertiary/aromatic N) is 2. The van der Waals surface area contributed by atoms with E-state index in [0.29, 0.717) is 12.0 Å². The van der Waals surface area contributed by atoms with E-state index in [9.17, 15) is 0 Å². The first-order valence-corrected chi connectivity index (χ1v) is 7.54. The zero-order valence-electron chi connectivity index (χ0n) is 12.2. The molecule has 1 aliphatic rings. The fourth-order valence-electron chi connectivity index (χ4n) is 3.09. The van der Waals surface area contributed by atoms with Crippen LogP contribution in [0.2, 0.25) is 0 Å². The molecule has 2 aromatic heterocycles. The summed E-state index contributed by atoms with van der Waals surface area (Å²) in [6.45, 7) is 2.97. The first-order valence-electron chi connectivity index (χ1n) is 7.54. The van der Waals surface area contributed by atoms with Crippen molar-refractivity contribution in [2.24, 2.45) is 0 Å². The third-order valence-corrected chi connectivity index (χ3v) is 4.38. The van der Waals surface area contributed by atoms with E-state index in [-0.39, 0.29) is 0 Å². The van der Waals surface area contributed by atoms with Crippen LogP contribution in [0.5, 0.6) is 0 Å². The van der Waals surface area contributed by atoms with Crippen LogP contribution in [0.4, 0.5) is 0 Å². The third kappa shape index (κ3) is 2.34. The molecule has 2 atom stereocenters. The van der Waals surface area contributed by atoms with Crippen LogP contribution in [0.3, 0.4) is 0 Å². The Balaban J connectivity index is 1.47. The van der Waals surface area contributed by atoms with Gasteiger partial charge in [0.25, 0.3) is 0 Å². The lowest BCUT2D eigenvalue weighted by Crippen LogP contribution is -2.19. The molecule has 1 N–H and O–H groups in total. The van der Waals surface area contributed by atoms with Crippen molar-refractivity contribution in [1.82, 2.24) is 14.7 Å². The van der Waals surface area contributed by atoms with Gasteiger partial charge in [0, 0.05) is 24.7 Å². The largest absolute Gasteiger partial charge is 0.308 e. The standard InChI is InChI=1S/C18H19N3/c1-13-17(21-10-6-5-9-18(21)20-13)12-19-16-11-15(16)14-7-3-2-4-8-14/h2-10,15-16,19H,11-12H2,1H3. The second-order valence-corrected chi connectivity index (χ2v) is 5.81. The first kappa shape index (κ1) is 12.6. The molecular formula is C18H19N3. The van der Waals surface area contributed by atoms with Crippen molar-refractivity contribution >= 4 is 5.65 Å². The van der Waals surface area contributed by atoms with Gasteiger partial charge >= 0.3 is 0 Å². The van der Waals surface area contributed by atoms with E-state index in [1.54, 1.807) is 0 Å². The highest BCUT2D eigenvalue weighted by Gasteiger charge is 2.37. The van der Waals surface area contributed by atoms with Gasteiger partial charge in [-0.05, 0) is 31.0 Å². The minimum Gasteiger partial charge on any atom is -0.308 e. The summed E-state index contributed by atoms with van der Waals surface area (Å²) in [5.74, 6) is 0.672. The molecule has 0 saturated heterocycles. The van der Waals surface area contributed by atoms with Gasteiger partial charge in [-0.25, -0.2) is 4.98 Å². The molecular weight excluding hydrogens is 258 g/mol. The van der Waals surface area contributed by atoms with E-state index < -0.39 is 0 Å². The lowest BCUT2D eigenvalue weighted by molar-refractivity contribution is 0.654. The lowest BCUT2D eigenvalue weighted by atomic mass is 10.1. The maximum atomic E-state index is 4.61. The SMILES string of the molecule is Cc1nc2ccccn2c1CNC1CC1c1ccccc1.